The van der Waals surface area contributed by atoms with Gasteiger partial charge in [-0.05, 0) is 1.37 Å². The number of halogens is 1. The summed E-state index contributed by atoms with van der Waals surface area (Å²) in [7, 11) is 0. The summed E-state index contributed by atoms with van der Waals surface area (Å²) in [6, 6.07) is 0. The Morgan fingerprint density at radius 3 is 2.56 bits per heavy atom. The minimum absolute atomic E-state index is 0. The molecule has 1 aromatic heterocycles. The van der Waals surface area contributed by atoms with Crippen molar-refractivity contribution in [3.05, 3.63) is 13.3 Å². The maximum atomic E-state index is 6.10. The first kappa shape index (κ1) is 10.4. The predicted octanol–water partition coefficient (Wildman–Crippen LogP) is -2.48. The molecule has 0 bridgehead atoms. The van der Waals surface area contributed by atoms with Crippen molar-refractivity contribution in [2.75, 3.05) is 0 Å². The molecule has 6 heteroatoms. The van der Waals surface area contributed by atoms with Crippen molar-refractivity contribution < 1.29 is 52.8 Å². The van der Waals surface area contributed by atoms with Crippen LogP contribution in [0.1, 0.15) is 8.27 Å². The Morgan fingerprint density at radius 1 is 1.89 bits per heavy atom. The van der Waals surface area contributed by atoms with Crippen LogP contribution in [0.3, 0.4) is 0 Å². The summed E-state index contributed by atoms with van der Waals surface area (Å²) in [4.78, 5) is 0. The summed E-state index contributed by atoms with van der Waals surface area (Å²) in [5.41, 5.74) is 0. The Labute approximate surface area is 112 Å². The second kappa shape index (κ2) is 9.44. The van der Waals surface area contributed by atoms with Gasteiger partial charge < -0.3 is 17.1 Å². The molecule has 1 aromatic rings. The van der Waals surface area contributed by atoms with E-state index in [1.807, 2.05) is 22.9 Å². The van der Waals surface area contributed by atoms with Gasteiger partial charge >= 0.3 is 51.4 Å². The first-order valence-corrected chi connectivity index (χ1v) is 2.68. The third kappa shape index (κ3) is 7.33. The Hall–Kier alpha value is 1.44. The quantitative estimate of drug-likeness (QED) is 0.296. The fourth-order valence-corrected chi connectivity index (χ4v) is 0.327. The smallest absolute Gasteiger partial charge is 0.346 e. The first-order chi connectivity index (χ1) is 4.31. The van der Waals surface area contributed by atoms with Gasteiger partial charge in [-0.25, -0.2) is 6.33 Å². The van der Waals surface area contributed by atoms with Crippen molar-refractivity contribution in [3.8, 4) is 0 Å². The molecule has 0 aromatic carbocycles. The van der Waals surface area contributed by atoms with Gasteiger partial charge in [-0.1, -0.05) is 5.21 Å². The van der Waals surface area contributed by atoms with Crippen LogP contribution in [0.15, 0.2) is 0 Å². The molecular formula is C3H5IKN4-. The number of aromatic nitrogens is 4. The number of hydrogen-bond acceptors (Lipinski definition) is 3. The monoisotopic (exact) mass is 265 g/mol. The van der Waals surface area contributed by atoms with Crippen molar-refractivity contribution in [1.82, 2.24) is 18.4 Å². The van der Waals surface area contributed by atoms with Gasteiger partial charge in [0.15, 0.2) is 0 Å². The topological polar surface area (TPSA) is 43.6 Å². The summed E-state index contributed by atoms with van der Waals surface area (Å²) in [5.74, 6) is 0. The van der Waals surface area contributed by atoms with Crippen LogP contribution in [0.5, 0.6) is 0 Å². The van der Waals surface area contributed by atoms with Gasteiger partial charge in [-0.15, -0.1) is 3.01 Å². The van der Waals surface area contributed by atoms with Crippen molar-refractivity contribution >= 4 is 22.9 Å². The summed E-state index contributed by atoms with van der Waals surface area (Å²) < 4.78 is 7.40. The second-order valence-corrected chi connectivity index (χ2v) is 1.49. The molecule has 0 atom stereocenters. The molecule has 0 saturated heterocycles. The van der Waals surface area contributed by atoms with Crippen molar-refractivity contribution in [2.24, 2.45) is 0 Å². The maximum absolute atomic E-state index is 6.10. The van der Waals surface area contributed by atoms with Crippen molar-refractivity contribution in [1.29, 1.82) is 0 Å². The predicted molar refractivity (Wildman–Crippen MR) is 37.1 cm³/mol. The summed E-state index contributed by atoms with van der Waals surface area (Å²) in [6.45, 7) is 3.40. The first-order valence-electron chi connectivity index (χ1n) is 2.42. The molecule has 0 saturated carbocycles. The minimum Gasteiger partial charge on any atom is -0.346 e. The van der Waals surface area contributed by atoms with E-state index in [1.54, 1.807) is 0 Å². The number of nitrogens with zero attached hydrogens (tertiary/aromatic N) is 4. The molecule has 4 nitrogen and oxygen atoms in total. The van der Waals surface area contributed by atoms with E-state index in [1.165, 1.54) is 3.01 Å². The molecule has 0 radical (unpaired) electrons. The van der Waals surface area contributed by atoms with E-state index in [-0.39, 0.29) is 58.3 Å². The summed E-state index contributed by atoms with van der Waals surface area (Å²) in [6.07, 6.45) is 2.27. The molecule has 1 rings (SSSR count). The third-order valence-electron chi connectivity index (χ3n) is 0.290. The normalized spacial score (nSPS) is 8.00. The number of hydrogen-bond donors (Lipinski definition) is 0. The minimum atomic E-state index is 0. The van der Waals surface area contributed by atoms with Gasteiger partial charge in [0, 0.05) is 0 Å². The Balaban J connectivity index is 0. The fourth-order valence-electron chi connectivity index (χ4n) is 0.134. The van der Waals surface area contributed by atoms with E-state index >= 15 is 0 Å². The molecule has 0 unspecified atom stereocenters. The molecule has 0 amide bonds. The molecule has 0 spiro atoms. The van der Waals surface area contributed by atoms with Crippen molar-refractivity contribution in [3.63, 3.8) is 0 Å². The van der Waals surface area contributed by atoms with E-state index in [0.29, 0.717) is 0 Å². The van der Waals surface area contributed by atoms with Gasteiger partial charge in [0.2, 0.25) is 0 Å². The van der Waals surface area contributed by atoms with Gasteiger partial charge in [-0.3, -0.25) is 0 Å². The average Bonchev–Trinajstić information content (AvgIpc) is 2.20. The standard InChI is InChI=1S/C2H5.CIN4.K/c1-2;2-6-4-1-3-5-6;/h1H2,2H3;;/q2*-1;+1/i2T;;. The van der Waals surface area contributed by atoms with E-state index in [0.717, 1.165) is 0 Å². The summed E-state index contributed by atoms with van der Waals surface area (Å²) >= 11 is 1.88. The summed E-state index contributed by atoms with van der Waals surface area (Å²) in [5, 5.41) is 10.2. The average molecular weight is 265 g/mol. The SMILES string of the molecule is In1n[c-]nn1.[3H]C[CH2-].[K+]. The maximum Gasteiger partial charge on any atom is 1.00 e. The van der Waals surface area contributed by atoms with Crippen LogP contribution in [-0.2, 0) is 0 Å². The van der Waals surface area contributed by atoms with Crippen molar-refractivity contribution in [2.45, 2.75) is 6.90 Å². The van der Waals surface area contributed by atoms with Crippen LogP contribution < -0.4 is 51.4 Å². The van der Waals surface area contributed by atoms with Crippen LogP contribution in [-0.4, -0.2) is 18.4 Å². The largest absolute Gasteiger partial charge is 1.00 e. The van der Waals surface area contributed by atoms with Crippen LogP contribution in [0, 0.1) is 13.3 Å². The molecule has 0 aliphatic rings. The van der Waals surface area contributed by atoms with Gasteiger partial charge in [-0.2, -0.15) is 6.90 Å². The number of tetrazole rings is 1. The van der Waals surface area contributed by atoms with Crippen LogP contribution in [0.2, 0.25) is 0 Å². The van der Waals surface area contributed by atoms with Gasteiger partial charge in [0.1, 0.15) is 22.9 Å². The molecule has 0 aliphatic heterocycles. The van der Waals surface area contributed by atoms with Crippen LogP contribution in [0.4, 0.5) is 0 Å². The molecule has 0 fully saturated rings. The van der Waals surface area contributed by atoms with E-state index in [9.17, 15) is 0 Å². The van der Waals surface area contributed by atoms with Gasteiger partial charge in [0.05, 0.1) is 0 Å². The zero-order valence-corrected chi connectivity index (χ0v) is 10.4. The van der Waals surface area contributed by atoms with Crippen LogP contribution >= 0.6 is 22.9 Å². The molecule has 1 heterocycles. The molecule has 46 valence electrons. The number of rotatable bonds is 0. The molecule has 0 N–H and O–H groups in total. The second-order valence-electron chi connectivity index (χ2n) is 0.630. The van der Waals surface area contributed by atoms with E-state index in [4.69, 9.17) is 1.37 Å². The zero-order valence-electron chi connectivity index (χ0n) is 6.08. The van der Waals surface area contributed by atoms with Crippen LogP contribution in [0.25, 0.3) is 0 Å². The Morgan fingerprint density at radius 2 is 2.44 bits per heavy atom. The molecule has 0 aliphatic carbocycles. The molecular weight excluding hydrogens is 258 g/mol. The fraction of sp³-hybridized carbons (Fsp3) is 0.333. The third-order valence-corrected chi connectivity index (χ3v) is 0.699. The zero-order chi connectivity index (χ0) is 7.11. The Kier molecular flexibility index (Phi) is 10.9. The van der Waals surface area contributed by atoms with Gasteiger partial charge in [0.25, 0.3) is 0 Å². The Bertz CT molecular complexity index is 135. The van der Waals surface area contributed by atoms with E-state index in [2.05, 4.69) is 28.7 Å². The molecule has 9 heavy (non-hydrogen) atoms. The van der Waals surface area contributed by atoms with E-state index < -0.39 is 0 Å².